The van der Waals surface area contributed by atoms with E-state index in [2.05, 4.69) is 15.5 Å². The zero-order valence-electron chi connectivity index (χ0n) is 8.04. The molecule has 1 aromatic heterocycles. The van der Waals surface area contributed by atoms with E-state index < -0.39 is 12.0 Å². The SMILES string of the molecule is FC1(F)CNC(c2nc(C3CC3)no2)C1. The normalized spacial score (nSPS) is 29.6. The van der Waals surface area contributed by atoms with Crippen LogP contribution in [0.25, 0.3) is 0 Å². The van der Waals surface area contributed by atoms with Crippen molar-refractivity contribution in [3.05, 3.63) is 11.7 Å². The van der Waals surface area contributed by atoms with Crippen molar-refractivity contribution in [3.63, 3.8) is 0 Å². The van der Waals surface area contributed by atoms with Gasteiger partial charge in [-0.05, 0) is 12.8 Å². The lowest BCUT2D eigenvalue weighted by atomic mass is 10.2. The second-order valence-corrected chi connectivity index (χ2v) is 4.26. The van der Waals surface area contributed by atoms with Gasteiger partial charge in [0.1, 0.15) is 0 Å². The van der Waals surface area contributed by atoms with Crippen molar-refractivity contribution >= 4 is 0 Å². The third-order valence-electron chi connectivity index (χ3n) is 2.81. The molecule has 1 saturated heterocycles. The molecule has 2 fully saturated rings. The predicted molar refractivity (Wildman–Crippen MR) is 46.6 cm³/mol. The topological polar surface area (TPSA) is 51.0 Å². The summed E-state index contributed by atoms with van der Waals surface area (Å²) in [6, 6.07) is -0.486. The third-order valence-corrected chi connectivity index (χ3v) is 2.81. The van der Waals surface area contributed by atoms with Gasteiger partial charge in [0.15, 0.2) is 5.82 Å². The Labute approximate surface area is 85.0 Å². The molecule has 3 rings (SSSR count). The van der Waals surface area contributed by atoms with E-state index in [0.29, 0.717) is 17.6 Å². The number of nitrogens with zero attached hydrogens (tertiary/aromatic N) is 2. The molecule has 1 aliphatic carbocycles. The minimum absolute atomic E-state index is 0.251. The van der Waals surface area contributed by atoms with Gasteiger partial charge in [-0.25, -0.2) is 8.78 Å². The molecular weight excluding hydrogens is 204 g/mol. The maximum Gasteiger partial charge on any atom is 0.262 e. The Bertz CT molecular complexity index is 375. The van der Waals surface area contributed by atoms with Crippen molar-refractivity contribution in [3.8, 4) is 0 Å². The first-order chi connectivity index (χ1) is 7.14. The lowest BCUT2D eigenvalue weighted by Crippen LogP contribution is -2.19. The van der Waals surface area contributed by atoms with Gasteiger partial charge in [0.25, 0.3) is 5.92 Å². The molecule has 0 radical (unpaired) electrons. The molecule has 6 heteroatoms. The molecule has 0 aromatic carbocycles. The van der Waals surface area contributed by atoms with Crippen LogP contribution in [0.2, 0.25) is 0 Å². The van der Waals surface area contributed by atoms with Gasteiger partial charge in [0.05, 0.1) is 12.6 Å². The molecule has 1 N–H and O–H groups in total. The predicted octanol–water partition coefficient (Wildman–Crippen LogP) is 1.62. The van der Waals surface area contributed by atoms with Crippen LogP contribution in [0.4, 0.5) is 8.78 Å². The van der Waals surface area contributed by atoms with E-state index in [-0.39, 0.29) is 13.0 Å². The fraction of sp³-hybridized carbons (Fsp3) is 0.778. The van der Waals surface area contributed by atoms with Crippen LogP contribution in [0.5, 0.6) is 0 Å². The molecule has 1 aromatic rings. The summed E-state index contributed by atoms with van der Waals surface area (Å²) in [7, 11) is 0. The number of hydrogen-bond donors (Lipinski definition) is 1. The van der Waals surface area contributed by atoms with E-state index in [0.717, 1.165) is 12.8 Å². The van der Waals surface area contributed by atoms with Gasteiger partial charge in [-0.15, -0.1) is 0 Å². The first kappa shape index (κ1) is 9.21. The number of aromatic nitrogens is 2. The monoisotopic (exact) mass is 215 g/mol. The quantitative estimate of drug-likeness (QED) is 0.814. The zero-order chi connectivity index (χ0) is 10.5. The fourth-order valence-corrected chi connectivity index (χ4v) is 1.79. The highest BCUT2D eigenvalue weighted by Crippen LogP contribution is 2.39. The lowest BCUT2D eigenvalue weighted by molar-refractivity contribution is 0.0200. The lowest BCUT2D eigenvalue weighted by Gasteiger charge is -2.04. The molecule has 2 heterocycles. The van der Waals surface area contributed by atoms with Crippen LogP contribution >= 0.6 is 0 Å². The molecule has 1 unspecified atom stereocenters. The van der Waals surface area contributed by atoms with Crippen molar-refractivity contribution in [1.82, 2.24) is 15.5 Å². The second kappa shape index (κ2) is 2.98. The van der Waals surface area contributed by atoms with E-state index in [9.17, 15) is 8.78 Å². The number of alkyl halides is 2. The standard InChI is InChI=1S/C9H11F2N3O/c10-9(11)3-6(12-4-9)8-13-7(14-15-8)5-1-2-5/h5-6,12H,1-4H2. The third kappa shape index (κ3) is 1.73. The fourth-order valence-electron chi connectivity index (χ4n) is 1.79. The second-order valence-electron chi connectivity index (χ2n) is 4.26. The Kier molecular flexibility index (Phi) is 1.83. The summed E-state index contributed by atoms with van der Waals surface area (Å²) in [5.74, 6) is -1.29. The number of nitrogens with one attached hydrogen (secondary N) is 1. The van der Waals surface area contributed by atoms with Crippen molar-refractivity contribution < 1.29 is 13.3 Å². The molecule has 0 spiro atoms. The van der Waals surface area contributed by atoms with Gasteiger partial charge in [-0.1, -0.05) is 5.16 Å². The summed E-state index contributed by atoms with van der Waals surface area (Å²) in [4.78, 5) is 4.15. The Morgan fingerprint density at radius 2 is 2.20 bits per heavy atom. The van der Waals surface area contributed by atoms with E-state index >= 15 is 0 Å². The van der Waals surface area contributed by atoms with Crippen molar-refractivity contribution in [1.29, 1.82) is 0 Å². The Morgan fingerprint density at radius 3 is 2.80 bits per heavy atom. The molecule has 4 nitrogen and oxygen atoms in total. The molecule has 2 aliphatic rings. The smallest absolute Gasteiger partial charge is 0.262 e. The van der Waals surface area contributed by atoms with Gasteiger partial charge < -0.3 is 4.52 Å². The summed E-state index contributed by atoms with van der Waals surface area (Å²) < 4.78 is 30.8. The summed E-state index contributed by atoms with van der Waals surface area (Å²) in [6.45, 7) is -0.307. The van der Waals surface area contributed by atoms with E-state index in [1.54, 1.807) is 0 Å². The largest absolute Gasteiger partial charge is 0.338 e. The number of halogens is 2. The van der Waals surface area contributed by atoms with Crippen LogP contribution in [0, 0.1) is 0 Å². The van der Waals surface area contributed by atoms with Crippen LogP contribution in [0.15, 0.2) is 4.52 Å². The van der Waals surface area contributed by atoms with Gasteiger partial charge >= 0.3 is 0 Å². The van der Waals surface area contributed by atoms with Crippen molar-refractivity contribution in [2.24, 2.45) is 0 Å². The number of rotatable bonds is 2. The summed E-state index contributed by atoms with van der Waals surface area (Å²) >= 11 is 0. The van der Waals surface area contributed by atoms with E-state index in [1.165, 1.54) is 0 Å². The van der Waals surface area contributed by atoms with Crippen LogP contribution in [0.1, 0.15) is 42.9 Å². The summed E-state index contributed by atoms with van der Waals surface area (Å²) in [5, 5.41) is 6.49. The minimum atomic E-state index is -2.65. The zero-order valence-corrected chi connectivity index (χ0v) is 8.04. The maximum absolute atomic E-state index is 12.9. The Morgan fingerprint density at radius 1 is 1.40 bits per heavy atom. The van der Waals surface area contributed by atoms with Gasteiger partial charge in [0.2, 0.25) is 5.89 Å². The van der Waals surface area contributed by atoms with Gasteiger partial charge in [0, 0.05) is 12.3 Å². The molecule has 15 heavy (non-hydrogen) atoms. The molecule has 82 valence electrons. The van der Waals surface area contributed by atoms with Crippen LogP contribution in [0.3, 0.4) is 0 Å². The molecule has 1 aliphatic heterocycles. The highest BCUT2D eigenvalue weighted by Gasteiger charge is 2.42. The molecule has 0 amide bonds. The van der Waals surface area contributed by atoms with Crippen LogP contribution in [-0.2, 0) is 0 Å². The number of hydrogen-bond acceptors (Lipinski definition) is 4. The van der Waals surface area contributed by atoms with Crippen molar-refractivity contribution in [2.45, 2.75) is 37.1 Å². The highest BCUT2D eigenvalue weighted by molar-refractivity contribution is 5.06. The minimum Gasteiger partial charge on any atom is -0.338 e. The molecule has 0 bridgehead atoms. The van der Waals surface area contributed by atoms with Crippen LogP contribution < -0.4 is 5.32 Å². The van der Waals surface area contributed by atoms with E-state index in [4.69, 9.17) is 4.52 Å². The van der Waals surface area contributed by atoms with Gasteiger partial charge in [-0.3, -0.25) is 5.32 Å². The van der Waals surface area contributed by atoms with Gasteiger partial charge in [-0.2, -0.15) is 4.98 Å². The summed E-state index contributed by atoms with van der Waals surface area (Å²) in [5.41, 5.74) is 0. The average molecular weight is 215 g/mol. The Hall–Kier alpha value is -1.04. The van der Waals surface area contributed by atoms with Crippen molar-refractivity contribution in [2.75, 3.05) is 6.54 Å². The van der Waals surface area contributed by atoms with E-state index in [1.807, 2.05) is 0 Å². The maximum atomic E-state index is 12.9. The first-order valence-corrected chi connectivity index (χ1v) is 5.09. The highest BCUT2D eigenvalue weighted by atomic mass is 19.3. The molecular formula is C9H11F2N3O. The Balaban J connectivity index is 1.75. The molecule has 1 atom stereocenters. The first-order valence-electron chi connectivity index (χ1n) is 5.09. The van der Waals surface area contributed by atoms with Crippen LogP contribution in [-0.4, -0.2) is 22.6 Å². The molecule has 1 saturated carbocycles. The summed E-state index contributed by atoms with van der Waals surface area (Å²) in [6.07, 6.45) is 1.90. The average Bonchev–Trinajstić information content (AvgIpc) is 2.79.